The lowest BCUT2D eigenvalue weighted by Crippen LogP contribution is -2.31. The van der Waals surface area contributed by atoms with E-state index >= 15 is 0 Å². The second-order valence-electron chi connectivity index (χ2n) is 6.42. The van der Waals surface area contributed by atoms with Crippen LogP contribution in [0.4, 0.5) is 11.4 Å². The van der Waals surface area contributed by atoms with Crippen molar-refractivity contribution in [1.82, 2.24) is 0 Å². The maximum atomic E-state index is 12.8. The Morgan fingerprint density at radius 3 is 2.43 bits per heavy atom. The molecule has 0 aromatic heterocycles. The quantitative estimate of drug-likeness (QED) is 0.250. The molecule has 2 aromatic rings. The number of ether oxygens (including phenoxy) is 2. The van der Waals surface area contributed by atoms with Gasteiger partial charge in [-0.2, -0.15) is 0 Å². The zero-order valence-electron chi connectivity index (χ0n) is 16.1. The average Bonchev–Trinajstić information content (AvgIpc) is 2.99. The number of carbonyl (C=O) groups excluding carboxylic acids is 3. The standard InChI is InChI=1S/C20H18N2O8/c1-3-30-20(26)16-17(11-4-9-14(23)15(10-11)29-2)21(19(25)18(16)24)12-5-7-13(8-6-12)22(27)28/h4-10,16-17,23H,3H2,1-2H3/t16-,17+/m1/s1. The Morgan fingerprint density at radius 2 is 1.87 bits per heavy atom. The number of Topliss-reactive ketones (excluding diaryl/α,β-unsaturated/α-hetero) is 1. The van der Waals surface area contributed by atoms with Crippen LogP contribution in [-0.4, -0.2) is 41.4 Å². The van der Waals surface area contributed by atoms with Crippen LogP contribution in [0.15, 0.2) is 42.5 Å². The molecule has 1 aliphatic heterocycles. The number of non-ortho nitro benzene ring substituents is 1. The van der Waals surface area contributed by atoms with Gasteiger partial charge in [0.05, 0.1) is 24.7 Å². The monoisotopic (exact) mass is 414 g/mol. The van der Waals surface area contributed by atoms with E-state index in [-0.39, 0.29) is 29.5 Å². The van der Waals surface area contributed by atoms with Crippen LogP contribution in [0.2, 0.25) is 0 Å². The summed E-state index contributed by atoms with van der Waals surface area (Å²) >= 11 is 0. The summed E-state index contributed by atoms with van der Waals surface area (Å²) in [4.78, 5) is 49.5. The summed E-state index contributed by atoms with van der Waals surface area (Å²) in [6.45, 7) is 1.59. The normalized spacial score (nSPS) is 18.4. The highest BCUT2D eigenvalue weighted by Gasteiger charge is 2.53. The molecule has 156 valence electrons. The highest BCUT2D eigenvalue weighted by Crippen LogP contribution is 2.42. The van der Waals surface area contributed by atoms with Crippen LogP contribution in [0.25, 0.3) is 0 Å². The van der Waals surface area contributed by atoms with Gasteiger partial charge < -0.3 is 14.6 Å². The third kappa shape index (κ3) is 3.54. The summed E-state index contributed by atoms with van der Waals surface area (Å²) in [6.07, 6.45) is 0. The first-order valence-electron chi connectivity index (χ1n) is 8.95. The summed E-state index contributed by atoms with van der Waals surface area (Å²) in [5, 5.41) is 20.8. The van der Waals surface area contributed by atoms with E-state index in [4.69, 9.17) is 9.47 Å². The average molecular weight is 414 g/mol. The number of hydrogen-bond acceptors (Lipinski definition) is 8. The van der Waals surface area contributed by atoms with Crippen LogP contribution < -0.4 is 9.64 Å². The summed E-state index contributed by atoms with van der Waals surface area (Å²) in [7, 11) is 1.33. The second kappa shape index (κ2) is 8.19. The zero-order valence-corrected chi connectivity index (χ0v) is 16.1. The van der Waals surface area contributed by atoms with Crippen LogP contribution in [0.3, 0.4) is 0 Å². The number of ketones is 1. The molecule has 30 heavy (non-hydrogen) atoms. The van der Waals surface area contributed by atoms with Gasteiger partial charge in [0.2, 0.25) is 5.78 Å². The summed E-state index contributed by atoms with van der Waals surface area (Å²) in [6, 6.07) is 8.13. The molecule has 0 aliphatic carbocycles. The zero-order chi connectivity index (χ0) is 22.0. The fourth-order valence-electron chi connectivity index (χ4n) is 3.37. The topological polar surface area (TPSA) is 136 Å². The van der Waals surface area contributed by atoms with Crippen molar-refractivity contribution in [3.63, 3.8) is 0 Å². The molecule has 10 nitrogen and oxygen atoms in total. The molecule has 1 N–H and O–H groups in total. The number of nitrogens with zero attached hydrogens (tertiary/aromatic N) is 2. The maximum Gasteiger partial charge on any atom is 0.319 e. The highest BCUT2D eigenvalue weighted by atomic mass is 16.6. The number of carbonyl (C=O) groups is 3. The van der Waals surface area contributed by atoms with E-state index in [9.17, 15) is 29.6 Å². The largest absolute Gasteiger partial charge is 0.504 e. The van der Waals surface area contributed by atoms with Crippen molar-refractivity contribution in [3.05, 3.63) is 58.1 Å². The molecule has 3 rings (SSSR count). The highest BCUT2D eigenvalue weighted by molar-refractivity contribution is 6.47. The Balaban J connectivity index is 2.15. The number of amides is 1. The predicted molar refractivity (Wildman–Crippen MR) is 103 cm³/mol. The number of esters is 1. The van der Waals surface area contributed by atoms with Crippen LogP contribution >= 0.6 is 0 Å². The number of methoxy groups -OCH3 is 1. The van der Waals surface area contributed by atoms with Gasteiger partial charge in [0.25, 0.3) is 11.6 Å². The number of nitro groups is 1. The number of nitro benzene ring substituents is 1. The lowest BCUT2D eigenvalue weighted by atomic mass is 9.92. The van der Waals surface area contributed by atoms with Gasteiger partial charge in [-0.25, -0.2) is 0 Å². The smallest absolute Gasteiger partial charge is 0.319 e. The van der Waals surface area contributed by atoms with Crippen LogP contribution in [0, 0.1) is 16.0 Å². The minimum absolute atomic E-state index is 0.0138. The predicted octanol–water partition coefficient (Wildman–Crippen LogP) is 2.15. The van der Waals surface area contributed by atoms with Crippen molar-refractivity contribution < 1.29 is 33.9 Å². The number of benzene rings is 2. The van der Waals surface area contributed by atoms with E-state index in [1.165, 1.54) is 49.6 Å². The fourth-order valence-corrected chi connectivity index (χ4v) is 3.37. The van der Waals surface area contributed by atoms with Gasteiger partial charge in [-0.05, 0) is 36.8 Å². The van der Waals surface area contributed by atoms with Crippen molar-refractivity contribution in [1.29, 1.82) is 0 Å². The number of phenols is 1. The molecule has 1 fully saturated rings. The number of phenolic OH excluding ortho intramolecular Hbond substituents is 1. The van der Waals surface area contributed by atoms with E-state index in [1.54, 1.807) is 6.92 Å². The molecule has 0 spiro atoms. The maximum absolute atomic E-state index is 12.8. The molecule has 2 aromatic carbocycles. The molecule has 10 heteroatoms. The molecule has 0 unspecified atom stereocenters. The van der Waals surface area contributed by atoms with E-state index < -0.39 is 34.5 Å². The molecule has 1 heterocycles. The lowest BCUT2D eigenvalue weighted by molar-refractivity contribution is -0.384. The van der Waals surface area contributed by atoms with E-state index in [1.807, 2.05) is 0 Å². The molecule has 1 saturated heterocycles. The van der Waals surface area contributed by atoms with Gasteiger partial charge in [0.1, 0.15) is 5.92 Å². The summed E-state index contributed by atoms with van der Waals surface area (Å²) < 4.78 is 10.1. The number of aromatic hydroxyl groups is 1. The molecule has 1 amide bonds. The molecule has 0 radical (unpaired) electrons. The Kier molecular flexibility index (Phi) is 5.67. The fraction of sp³-hybridized carbons (Fsp3) is 0.250. The number of anilines is 1. The van der Waals surface area contributed by atoms with Gasteiger partial charge >= 0.3 is 5.97 Å². The molecule has 0 bridgehead atoms. The molecular weight excluding hydrogens is 396 g/mol. The second-order valence-corrected chi connectivity index (χ2v) is 6.42. The first kappa shape index (κ1) is 20.8. The third-order valence-corrected chi connectivity index (χ3v) is 4.73. The number of rotatable bonds is 6. The van der Waals surface area contributed by atoms with Gasteiger partial charge in [0, 0.05) is 17.8 Å². The Hall–Kier alpha value is -3.95. The van der Waals surface area contributed by atoms with Crippen LogP contribution in [0.1, 0.15) is 18.5 Å². The van der Waals surface area contributed by atoms with Gasteiger partial charge in [-0.15, -0.1) is 0 Å². The van der Waals surface area contributed by atoms with Gasteiger partial charge in [0.15, 0.2) is 11.5 Å². The molecule has 0 saturated carbocycles. The first-order chi connectivity index (χ1) is 14.3. The molecule has 1 aliphatic rings. The minimum Gasteiger partial charge on any atom is -0.504 e. The molecular formula is C20H18N2O8. The van der Waals surface area contributed by atoms with E-state index in [0.717, 1.165) is 4.90 Å². The van der Waals surface area contributed by atoms with Gasteiger partial charge in [-0.1, -0.05) is 6.07 Å². The van der Waals surface area contributed by atoms with Gasteiger partial charge in [-0.3, -0.25) is 29.4 Å². The van der Waals surface area contributed by atoms with Crippen LogP contribution in [-0.2, 0) is 19.1 Å². The minimum atomic E-state index is -1.44. The SMILES string of the molecule is CCOC(=O)[C@H]1C(=O)C(=O)N(c2ccc([N+](=O)[O-])cc2)[C@H]1c1ccc(O)c(OC)c1. The Bertz CT molecular complexity index is 1020. The Morgan fingerprint density at radius 1 is 1.20 bits per heavy atom. The summed E-state index contributed by atoms with van der Waals surface area (Å²) in [5.74, 6) is -4.28. The van der Waals surface area contributed by atoms with Crippen LogP contribution in [0.5, 0.6) is 11.5 Å². The molecule has 2 atom stereocenters. The van der Waals surface area contributed by atoms with Crippen molar-refractivity contribution in [2.24, 2.45) is 5.92 Å². The van der Waals surface area contributed by atoms with Crippen molar-refractivity contribution in [3.8, 4) is 11.5 Å². The van der Waals surface area contributed by atoms with Crippen molar-refractivity contribution >= 4 is 29.0 Å². The van der Waals surface area contributed by atoms with Crippen molar-refractivity contribution in [2.75, 3.05) is 18.6 Å². The Labute approximate surface area is 170 Å². The van der Waals surface area contributed by atoms with E-state index in [2.05, 4.69) is 0 Å². The van der Waals surface area contributed by atoms with Crippen molar-refractivity contribution in [2.45, 2.75) is 13.0 Å². The van der Waals surface area contributed by atoms with E-state index in [0.29, 0.717) is 5.56 Å². The number of hydrogen-bond donors (Lipinski definition) is 1. The first-order valence-corrected chi connectivity index (χ1v) is 8.95. The third-order valence-electron chi connectivity index (χ3n) is 4.73. The lowest BCUT2D eigenvalue weighted by Gasteiger charge is -2.27. The summed E-state index contributed by atoms with van der Waals surface area (Å²) in [5.41, 5.74) is 0.351.